The molecule has 0 aromatic carbocycles. The first-order valence-electron chi connectivity index (χ1n) is 7.57. The number of thiophene rings is 1. The first-order valence-corrected chi connectivity index (χ1v) is 8.39. The number of nitrogens with zero attached hydrogens (tertiary/aromatic N) is 1. The molecule has 124 valence electrons. The molecule has 7 nitrogen and oxygen atoms in total. The predicted octanol–water partition coefficient (Wildman–Crippen LogP) is 1.09. The Labute approximate surface area is 138 Å². The predicted molar refractivity (Wildman–Crippen MR) is 85.2 cm³/mol. The zero-order chi connectivity index (χ0) is 16.6. The van der Waals surface area contributed by atoms with Crippen LogP contribution in [0.1, 0.15) is 40.1 Å². The number of esters is 1. The maximum absolute atomic E-state index is 12.5. The lowest BCUT2D eigenvalue weighted by Crippen LogP contribution is -2.41. The minimum absolute atomic E-state index is 0.112. The van der Waals surface area contributed by atoms with Crippen LogP contribution in [0, 0.1) is 0 Å². The smallest absolute Gasteiger partial charge is 0.341 e. The summed E-state index contributed by atoms with van der Waals surface area (Å²) in [5.41, 5.74) is 4.05. The number of carbonyl (C=O) groups is 3. The minimum Gasteiger partial charge on any atom is -0.465 e. The van der Waals surface area contributed by atoms with Gasteiger partial charge in [0.25, 0.3) is 0 Å². The Morgan fingerprint density at radius 1 is 1.35 bits per heavy atom. The van der Waals surface area contributed by atoms with Crippen LogP contribution in [-0.2, 0) is 27.2 Å². The molecule has 0 unspecified atom stereocenters. The van der Waals surface area contributed by atoms with E-state index in [9.17, 15) is 14.4 Å². The normalized spacial score (nSPS) is 20.8. The van der Waals surface area contributed by atoms with Gasteiger partial charge in [-0.3, -0.25) is 15.0 Å². The second-order valence-corrected chi connectivity index (χ2v) is 6.87. The number of hydrogen-bond acceptors (Lipinski definition) is 6. The Morgan fingerprint density at radius 3 is 2.74 bits per heavy atom. The topological polar surface area (TPSA) is 87.7 Å². The number of anilines is 1. The Morgan fingerprint density at radius 2 is 2.09 bits per heavy atom. The highest BCUT2D eigenvalue weighted by molar-refractivity contribution is 7.17. The van der Waals surface area contributed by atoms with Crippen molar-refractivity contribution in [3.05, 3.63) is 16.0 Å². The highest BCUT2D eigenvalue weighted by atomic mass is 32.1. The van der Waals surface area contributed by atoms with Gasteiger partial charge in [-0.05, 0) is 31.2 Å². The summed E-state index contributed by atoms with van der Waals surface area (Å²) in [6.07, 6.45) is 3.98. The molecule has 23 heavy (non-hydrogen) atoms. The fraction of sp³-hybridized carbons (Fsp3) is 0.533. The van der Waals surface area contributed by atoms with E-state index in [0.717, 1.165) is 36.1 Å². The summed E-state index contributed by atoms with van der Waals surface area (Å²) < 4.78 is 4.89. The number of nitrogens with one attached hydrogen (secondary N) is 2. The number of ether oxygens (including phenoxy) is 1. The van der Waals surface area contributed by atoms with E-state index in [1.165, 1.54) is 23.5 Å². The lowest BCUT2D eigenvalue weighted by molar-refractivity contribution is -0.121. The van der Waals surface area contributed by atoms with E-state index in [1.807, 2.05) is 0 Å². The van der Waals surface area contributed by atoms with Crippen molar-refractivity contribution in [2.75, 3.05) is 19.5 Å². The number of methoxy groups -OCH3 is 1. The number of hydrazine groups is 1. The van der Waals surface area contributed by atoms with Crippen LogP contribution in [0.15, 0.2) is 0 Å². The van der Waals surface area contributed by atoms with Crippen molar-refractivity contribution in [3.63, 3.8) is 0 Å². The summed E-state index contributed by atoms with van der Waals surface area (Å²) in [6, 6.07) is -0.577. The van der Waals surface area contributed by atoms with E-state index < -0.39 is 12.0 Å². The molecular weight excluding hydrogens is 318 g/mol. The number of likely N-dealkylation sites (N-methyl/N-ethyl adjacent to an activating group) is 1. The fourth-order valence-corrected chi connectivity index (χ4v) is 4.35. The summed E-state index contributed by atoms with van der Waals surface area (Å²) in [5.74, 6) is -0.908. The van der Waals surface area contributed by atoms with Crippen molar-refractivity contribution in [3.8, 4) is 0 Å². The van der Waals surface area contributed by atoms with Crippen molar-refractivity contribution in [2.24, 2.45) is 0 Å². The fourth-order valence-electron chi connectivity index (χ4n) is 3.07. The second-order valence-electron chi connectivity index (χ2n) is 5.76. The summed E-state index contributed by atoms with van der Waals surface area (Å²) >= 11 is 1.44. The monoisotopic (exact) mass is 337 g/mol. The molecule has 1 atom stereocenters. The van der Waals surface area contributed by atoms with Gasteiger partial charge >= 0.3 is 5.97 Å². The minimum atomic E-state index is -0.577. The van der Waals surface area contributed by atoms with Gasteiger partial charge in [0.1, 0.15) is 11.0 Å². The third-order valence-electron chi connectivity index (χ3n) is 4.25. The molecule has 0 radical (unpaired) electrons. The van der Waals surface area contributed by atoms with Gasteiger partial charge in [0.2, 0.25) is 11.8 Å². The molecule has 2 amide bonds. The molecule has 0 spiro atoms. The molecule has 1 aromatic rings. The van der Waals surface area contributed by atoms with Crippen molar-refractivity contribution >= 4 is 34.1 Å². The van der Waals surface area contributed by atoms with Gasteiger partial charge in [-0.1, -0.05) is 0 Å². The molecule has 1 aliphatic heterocycles. The summed E-state index contributed by atoms with van der Waals surface area (Å²) in [4.78, 5) is 37.1. The quantitative estimate of drug-likeness (QED) is 0.806. The third kappa shape index (κ3) is 2.96. The molecule has 1 fully saturated rings. The number of hydrogen-bond donors (Lipinski definition) is 2. The summed E-state index contributed by atoms with van der Waals surface area (Å²) in [6.45, 7) is 0. The van der Waals surface area contributed by atoms with E-state index in [-0.39, 0.29) is 18.2 Å². The van der Waals surface area contributed by atoms with Gasteiger partial charge in [0, 0.05) is 11.9 Å². The van der Waals surface area contributed by atoms with Crippen LogP contribution in [0.5, 0.6) is 0 Å². The largest absolute Gasteiger partial charge is 0.465 e. The standard InChI is InChI=1S/C15H19N3O4S/c1-18-9(7-11(19)17-18)13(20)16-14-12(15(21)22-2)8-5-3-4-6-10(8)23-14/h9H,3-7H2,1-2H3,(H,16,20)(H,17,19)/t9-/m0/s1. The average Bonchev–Trinajstić information content (AvgIpc) is 3.05. The van der Waals surface area contributed by atoms with Crippen LogP contribution in [0.25, 0.3) is 0 Å². The lowest BCUT2D eigenvalue weighted by Gasteiger charge is -2.17. The lowest BCUT2D eigenvalue weighted by atomic mass is 9.95. The molecule has 2 aliphatic rings. The maximum Gasteiger partial charge on any atom is 0.341 e. The van der Waals surface area contributed by atoms with Crippen LogP contribution < -0.4 is 10.7 Å². The molecule has 2 N–H and O–H groups in total. The zero-order valence-corrected chi connectivity index (χ0v) is 13.9. The molecule has 2 heterocycles. The Hall–Kier alpha value is -1.93. The number of amides is 2. The van der Waals surface area contributed by atoms with Crippen molar-refractivity contribution in [1.82, 2.24) is 10.4 Å². The number of fused-ring (bicyclic) bond motifs is 1. The number of rotatable bonds is 3. The molecule has 1 saturated heterocycles. The Balaban J connectivity index is 1.87. The van der Waals surface area contributed by atoms with Crippen molar-refractivity contribution in [2.45, 2.75) is 38.1 Å². The third-order valence-corrected chi connectivity index (χ3v) is 5.45. The van der Waals surface area contributed by atoms with E-state index in [0.29, 0.717) is 10.6 Å². The Kier molecular flexibility index (Phi) is 4.36. The summed E-state index contributed by atoms with van der Waals surface area (Å²) in [5, 5.41) is 4.84. The SMILES string of the molecule is COC(=O)c1c(NC(=O)[C@@H]2CC(=O)NN2C)sc2c1CCCC2. The van der Waals surface area contributed by atoms with Gasteiger partial charge in [-0.15, -0.1) is 11.3 Å². The van der Waals surface area contributed by atoms with Gasteiger partial charge in [-0.2, -0.15) is 0 Å². The van der Waals surface area contributed by atoms with E-state index in [4.69, 9.17) is 4.74 Å². The molecule has 0 saturated carbocycles. The van der Waals surface area contributed by atoms with Gasteiger partial charge in [0.15, 0.2) is 0 Å². The molecule has 3 rings (SSSR count). The zero-order valence-electron chi connectivity index (χ0n) is 13.1. The van der Waals surface area contributed by atoms with Crippen LogP contribution in [-0.4, -0.2) is 43.0 Å². The highest BCUT2D eigenvalue weighted by Gasteiger charge is 2.35. The van der Waals surface area contributed by atoms with Gasteiger partial charge < -0.3 is 10.1 Å². The molecule has 1 aliphatic carbocycles. The van der Waals surface area contributed by atoms with Crippen molar-refractivity contribution in [1.29, 1.82) is 0 Å². The molecule has 8 heteroatoms. The Bertz CT molecular complexity index is 670. The second kappa shape index (κ2) is 6.29. The summed E-state index contributed by atoms with van der Waals surface area (Å²) in [7, 11) is 2.99. The molecule has 0 bridgehead atoms. The van der Waals surface area contributed by atoms with E-state index in [2.05, 4.69) is 10.7 Å². The van der Waals surface area contributed by atoms with E-state index in [1.54, 1.807) is 7.05 Å². The first kappa shape index (κ1) is 15.9. The van der Waals surface area contributed by atoms with E-state index >= 15 is 0 Å². The van der Waals surface area contributed by atoms with Gasteiger partial charge in [-0.25, -0.2) is 9.80 Å². The first-order chi connectivity index (χ1) is 11.0. The highest BCUT2D eigenvalue weighted by Crippen LogP contribution is 2.38. The van der Waals surface area contributed by atoms with Gasteiger partial charge in [0.05, 0.1) is 19.1 Å². The van der Waals surface area contributed by atoms with Crippen molar-refractivity contribution < 1.29 is 19.1 Å². The molecule has 1 aromatic heterocycles. The number of carbonyl (C=O) groups excluding carboxylic acids is 3. The maximum atomic E-state index is 12.5. The van der Waals surface area contributed by atoms with Crippen LogP contribution in [0.2, 0.25) is 0 Å². The van der Waals surface area contributed by atoms with Crippen LogP contribution in [0.3, 0.4) is 0 Å². The average molecular weight is 337 g/mol. The molecular formula is C15H19N3O4S. The van der Waals surface area contributed by atoms with Crippen LogP contribution >= 0.6 is 11.3 Å². The van der Waals surface area contributed by atoms with Crippen LogP contribution in [0.4, 0.5) is 5.00 Å². The number of aryl methyl sites for hydroxylation is 1.